The zero-order chi connectivity index (χ0) is 17.4. The van der Waals surface area contributed by atoms with E-state index in [4.69, 9.17) is 9.47 Å². The molecule has 0 aromatic heterocycles. The maximum atomic E-state index is 12.0. The summed E-state index contributed by atoms with van der Waals surface area (Å²) in [4.78, 5) is 23.6. The number of nitrogens with one attached hydrogen (secondary N) is 1. The molecule has 1 aliphatic rings. The Morgan fingerprint density at radius 2 is 2.04 bits per heavy atom. The third-order valence-corrected chi connectivity index (χ3v) is 4.46. The summed E-state index contributed by atoms with van der Waals surface area (Å²) in [6.07, 6.45) is 4.13. The minimum atomic E-state index is -0.710. The maximum Gasteiger partial charge on any atom is 0.335 e. The van der Waals surface area contributed by atoms with Gasteiger partial charge in [-0.3, -0.25) is 4.79 Å². The molecule has 1 amide bonds. The molecule has 1 unspecified atom stereocenters. The van der Waals surface area contributed by atoms with Gasteiger partial charge in [-0.25, -0.2) is 4.79 Å². The van der Waals surface area contributed by atoms with Crippen molar-refractivity contribution in [2.45, 2.75) is 37.7 Å². The molecule has 0 heterocycles. The normalized spacial score (nSPS) is 16.5. The molecule has 1 fully saturated rings. The Kier molecular flexibility index (Phi) is 6.55. The number of hydrogen-bond donors (Lipinski definition) is 1. The second-order valence-corrected chi connectivity index (χ2v) is 6.15. The van der Waals surface area contributed by atoms with Crippen LogP contribution in [0.4, 0.5) is 0 Å². The SMILES string of the molecule is C=CCOC(C)C(=O)OCC(=O)NCC1(c2ccccc2)CCC1. The van der Waals surface area contributed by atoms with Crippen molar-refractivity contribution in [1.29, 1.82) is 0 Å². The van der Waals surface area contributed by atoms with Crippen molar-refractivity contribution in [3.63, 3.8) is 0 Å². The van der Waals surface area contributed by atoms with E-state index in [1.807, 2.05) is 18.2 Å². The number of carbonyl (C=O) groups is 2. The number of benzene rings is 1. The largest absolute Gasteiger partial charge is 0.454 e. The average molecular weight is 331 g/mol. The minimum absolute atomic E-state index is 0.0152. The van der Waals surface area contributed by atoms with Gasteiger partial charge in [-0.15, -0.1) is 6.58 Å². The van der Waals surface area contributed by atoms with E-state index < -0.39 is 12.1 Å². The highest BCUT2D eigenvalue weighted by Crippen LogP contribution is 2.43. The zero-order valence-corrected chi connectivity index (χ0v) is 14.1. The predicted octanol–water partition coefficient (Wildman–Crippen LogP) is 2.36. The van der Waals surface area contributed by atoms with Gasteiger partial charge in [0.1, 0.15) is 0 Å². The molecule has 5 heteroatoms. The summed E-state index contributed by atoms with van der Waals surface area (Å²) in [5.74, 6) is -0.838. The number of amides is 1. The summed E-state index contributed by atoms with van der Waals surface area (Å²) in [6.45, 7) is 5.64. The van der Waals surface area contributed by atoms with Gasteiger partial charge < -0.3 is 14.8 Å². The molecular weight excluding hydrogens is 306 g/mol. The highest BCUT2D eigenvalue weighted by atomic mass is 16.6. The fraction of sp³-hybridized carbons (Fsp3) is 0.474. The van der Waals surface area contributed by atoms with Gasteiger partial charge in [0.15, 0.2) is 12.7 Å². The Morgan fingerprint density at radius 1 is 1.33 bits per heavy atom. The van der Waals surface area contributed by atoms with Gasteiger partial charge in [-0.1, -0.05) is 42.8 Å². The van der Waals surface area contributed by atoms with Gasteiger partial charge in [-0.05, 0) is 25.3 Å². The quantitative estimate of drug-likeness (QED) is 0.557. The smallest absolute Gasteiger partial charge is 0.335 e. The van der Waals surface area contributed by atoms with Crippen LogP contribution in [-0.2, 0) is 24.5 Å². The lowest BCUT2D eigenvalue weighted by Gasteiger charge is -2.42. The molecule has 1 aliphatic carbocycles. The van der Waals surface area contributed by atoms with Crippen LogP contribution in [0.2, 0.25) is 0 Å². The van der Waals surface area contributed by atoms with Crippen LogP contribution in [0.25, 0.3) is 0 Å². The van der Waals surface area contributed by atoms with Gasteiger partial charge in [-0.2, -0.15) is 0 Å². The van der Waals surface area contributed by atoms with Crippen LogP contribution in [0.1, 0.15) is 31.7 Å². The van der Waals surface area contributed by atoms with Crippen LogP contribution in [0.3, 0.4) is 0 Å². The van der Waals surface area contributed by atoms with E-state index in [0.29, 0.717) is 6.54 Å². The Labute approximate surface area is 143 Å². The number of carbonyl (C=O) groups excluding carboxylic acids is 2. The molecule has 0 aliphatic heterocycles. The molecule has 0 radical (unpaired) electrons. The summed E-state index contributed by atoms with van der Waals surface area (Å²) in [7, 11) is 0. The molecule has 2 rings (SSSR count). The van der Waals surface area contributed by atoms with Gasteiger partial charge in [0.2, 0.25) is 0 Å². The van der Waals surface area contributed by atoms with Crippen LogP contribution in [-0.4, -0.2) is 37.7 Å². The first-order chi connectivity index (χ1) is 11.6. The van der Waals surface area contributed by atoms with Crippen molar-refractivity contribution < 1.29 is 19.1 Å². The van der Waals surface area contributed by atoms with E-state index in [1.165, 1.54) is 5.56 Å². The first-order valence-electron chi connectivity index (χ1n) is 8.29. The standard InChI is InChI=1S/C19H25NO4/c1-3-12-23-15(2)18(22)24-13-17(21)20-14-19(10-7-11-19)16-8-5-4-6-9-16/h3-6,8-9,15H,1,7,10-14H2,2H3,(H,20,21). The van der Waals surface area contributed by atoms with Crippen molar-refractivity contribution in [3.05, 3.63) is 48.6 Å². The number of hydrogen-bond acceptors (Lipinski definition) is 4. The average Bonchev–Trinajstić information content (AvgIpc) is 2.57. The van der Waals surface area contributed by atoms with Crippen LogP contribution in [0, 0.1) is 0 Å². The molecule has 1 aromatic rings. The molecule has 0 bridgehead atoms. The summed E-state index contributed by atoms with van der Waals surface area (Å²) in [5.41, 5.74) is 1.27. The first kappa shape index (κ1) is 18.2. The van der Waals surface area contributed by atoms with Gasteiger partial charge >= 0.3 is 5.97 Å². The Bertz CT molecular complexity index is 566. The molecule has 0 saturated heterocycles. The molecule has 1 atom stereocenters. The molecule has 1 aromatic carbocycles. The predicted molar refractivity (Wildman–Crippen MR) is 91.6 cm³/mol. The van der Waals surface area contributed by atoms with E-state index in [9.17, 15) is 9.59 Å². The lowest BCUT2D eigenvalue weighted by atomic mass is 9.64. The topological polar surface area (TPSA) is 64.6 Å². The zero-order valence-electron chi connectivity index (χ0n) is 14.1. The van der Waals surface area contributed by atoms with Crippen molar-refractivity contribution >= 4 is 11.9 Å². The third-order valence-electron chi connectivity index (χ3n) is 4.46. The summed E-state index contributed by atoms with van der Waals surface area (Å²) < 4.78 is 10.1. The number of ether oxygens (including phenoxy) is 2. The Hall–Kier alpha value is -2.14. The van der Waals surface area contributed by atoms with Crippen LogP contribution in [0.5, 0.6) is 0 Å². The third kappa shape index (κ3) is 4.68. The molecule has 1 N–H and O–H groups in total. The van der Waals surface area contributed by atoms with Crippen molar-refractivity contribution in [3.8, 4) is 0 Å². The van der Waals surface area contributed by atoms with E-state index >= 15 is 0 Å². The Balaban J connectivity index is 1.76. The van der Waals surface area contributed by atoms with Crippen LogP contribution >= 0.6 is 0 Å². The highest BCUT2D eigenvalue weighted by Gasteiger charge is 2.38. The van der Waals surface area contributed by atoms with E-state index in [-0.39, 0.29) is 24.5 Å². The lowest BCUT2D eigenvalue weighted by molar-refractivity contribution is -0.158. The number of rotatable bonds is 9. The van der Waals surface area contributed by atoms with Crippen molar-refractivity contribution in [2.75, 3.05) is 19.8 Å². The fourth-order valence-corrected chi connectivity index (χ4v) is 2.82. The second kappa shape index (κ2) is 8.64. The molecule has 24 heavy (non-hydrogen) atoms. The van der Waals surface area contributed by atoms with E-state index in [1.54, 1.807) is 13.0 Å². The lowest BCUT2D eigenvalue weighted by Crippen LogP contribution is -2.46. The van der Waals surface area contributed by atoms with E-state index in [2.05, 4.69) is 24.0 Å². The van der Waals surface area contributed by atoms with Crippen molar-refractivity contribution in [1.82, 2.24) is 5.32 Å². The molecular formula is C19H25NO4. The Morgan fingerprint density at radius 3 is 2.62 bits per heavy atom. The maximum absolute atomic E-state index is 12.0. The monoisotopic (exact) mass is 331 g/mol. The highest BCUT2D eigenvalue weighted by molar-refractivity contribution is 5.81. The van der Waals surface area contributed by atoms with E-state index in [0.717, 1.165) is 19.3 Å². The number of esters is 1. The molecule has 130 valence electrons. The van der Waals surface area contributed by atoms with Crippen LogP contribution < -0.4 is 5.32 Å². The first-order valence-corrected chi connectivity index (χ1v) is 8.29. The molecule has 5 nitrogen and oxygen atoms in total. The molecule has 1 saturated carbocycles. The van der Waals surface area contributed by atoms with Crippen molar-refractivity contribution in [2.24, 2.45) is 0 Å². The summed E-state index contributed by atoms with van der Waals surface area (Å²) >= 11 is 0. The summed E-state index contributed by atoms with van der Waals surface area (Å²) in [5, 5.41) is 2.89. The van der Waals surface area contributed by atoms with Gasteiger partial charge in [0.25, 0.3) is 5.91 Å². The van der Waals surface area contributed by atoms with Gasteiger partial charge in [0.05, 0.1) is 6.61 Å². The second-order valence-electron chi connectivity index (χ2n) is 6.15. The van der Waals surface area contributed by atoms with Gasteiger partial charge in [0, 0.05) is 12.0 Å². The fourth-order valence-electron chi connectivity index (χ4n) is 2.82. The minimum Gasteiger partial charge on any atom is -0.454 e. The van der Waals surface area contributed by atoms with Crippen LogP contribution in [0.15, 0.2) is 43.0 Å². The molecule has 0 spiro atoms. The summed E-state index contributed by atoms with van der Waals surface area (Å²) in [6, 6.07) is 10.2.